The maximum atomic E-state index is 12.2. The Hall–Kier alpha value is -2.50. The molecule has 0 saturated heterocycles. The Morgan fingerprint density at radius 2 is 2.19 bits per heavy atom. The second kappa shape index (κ2) is 5.87. The maximum absolute atomic E-state index is 12.2. The third-order valence-electron chi connectivity index (χ3n) is 3.20. The van der Waals surface area contributed by atoms with Crippen LogP contribution in [0.1, 0.15) is 17.3 Å². The number of nitrogens with zero attached hydrogens (tertiary/aromatic N) is 2. The van der Waals surface area contributed by atoms with Crippen molar-refractivity contribution in [2.75, 3.05) is 13.2 Å². The van der Waals surface area contributed by atoms with E-state index in [2.05, 4.69) is 10.4 Å². The smallest absolute Gasteiger partial charge is 0.251 e. The minimum Gasteiger partial charge on any atom is -0.486 e. The van der Waals surface area contributed by atoms with Gasteiger partial charge in [0.05, 0.1) is 6.54 Å². The summed E-state index contributed by atoms with van der Waals surface area (Å²) in [6.07, 6.45) is 3.59. The van der Waals surface area contributed by atoms with Crippen molar-refractivity contribution >= 4 is 5.91 Å². The van der Waals surface area contributed by atoms with Crippen LogP contribution in [0.25, 0.3) is 0 Å². The standard InChI is InChI=1S/C15H17N3O3/c1-11(10-18-6-2-5-16-18)17-15(19)12-3-4-13-14(9-12)21-8-7-20-13/h2-6,9,11H,7-8,10H2,1H3,(H,17,19)/t11-/m0/s1. The summed E-state index contributed by atoms with van der Waals surface area (Å²) < 4.78 is 12.7. The Morgan fingerprint density at radius 3 is 2.95 bits per heavy atom. The van der Waals surface area contributed by atoms with Gasteiger partial charge >= 0.3 is 0 Å². The van der Waals surface area contributed by atoms with Crippen molar-refractivity contribution in [3.05, 3.63) is 42.2 Å². The second-order valence-corrected chi connectivity index (χ2v) is 4.96. The topological polar surface area (TPSA) is 65.4 Å². The van der Waals surface area contributed by atoms with E-state index >= 15 is 0 Å². The Labute approximate surface area is 122 Å². The molecular weight excluding hydrogens is 270 g/mol. The molecule has 1 aromatic heterocycles. The summed E-state index contributed by atoms with van der Waals surface area (Å²) >= 11 is 0. The van der Waals surface area contributed by atoms with Gasteiger partial charge in [-0.15, -0.1) is 0 Å². The normalized spacial score (nSPS) is 14.5. The first-order valence-corrected chi connectivity index (χ1v) is 6.90. The van der Waals surface area contributed by atoms with Crippen molar-refractivity contribution in [2.45, 2.75) is 19.5 Å². The van der Waals surface area contributed by atoms with Crippen LogP contribution in [0.15, 0.2) is 36.7 Å². The number of rotatable bonds is 4. The van der Waals surface area contributed by atoms with Crippen molar-refractivity contribution in [1.82, 2.24) is 15.1 Å². The predicted octanol–water partition coefficient (Wildman–Crippen LogP) is 1.47. The third-order valence-corrected chi connectivity index (χ3v) is 3.20. The van der Waals surface area contributed by atoms with Crippen LogP contribution < -0.4 is 14.8 Å². The second-order valence-electron chi connectivity index (χ2n) is 4.96. The lowest BCUT2D eigenvalue weighted by molar-refractivity contribution is 0.0934. The zero-order chi connectivity index (χ0) is 14.7. The molecule has 6 nitrogen and oxygen atoms in total. The average Bonchev–Trinajstić information content (AvgIpc) is 2.99. The fraction of sp³-hybridized carbons (Fsp3) is 0.333. The molecule has 1 atom stereocenters. The van der Waals surface area contributed by atoms with Crippen LogP contribution in [0.4, 0.5) is 0 Å². The lowest BCUT2D eigenvalue weighted by Crippen LogP contribution is -2.35. The van der Waals surface area contributed by atoms with E-state index in [0.717, 1.165) is 0 Å². The lowest BCUT2D eigenvalue weighted by Gasteiger charge is -2.19. The van der Waals surface area contributed by atoms with E-state index in [1.165, 1.54) is 0 Å². The minimum absolute atomic E-state index is 0.0226. The highest BCUT2D eigenvalue weighted by atomic mass is 16.6. The van der Waals surface area contributed by atoms with Crippen molar-refractivity contribution in [2.24, 2.45) is 0 Å². The molecule has 0 spiro atoms. The molecule has 0 fully saturated rings. The molecule has 1 aliphatic rings. The number of benzene rings is 1. The summed E-state index contributed by atoms with van der Waals surface area (Å²) in [5, 5.41) is 7.07. The van der Waals surface area contributed by atoms with E-state index in [4.69, 9.17) is 9.47 Å². The van der Waals surface area contributed by atoms with E-state index in [0.29, 0.717) is 36.8 Å². The van der Waals surface area contributed by atoms with Crippen molar-refractivity contribution in [3.63, 3.8) is 0 Å². The number of fused-ring (bicyclic) bond motifs is 1. The minimum atomic E-state index is -0.133. The number of ether oxygens (including phenoxy) is 2. The molecule has 2 aromatic rings. The Balaban J connectivity index is 1.64. The molecule has 1 amide bonds. The van der Waals surface area contributed by atoms with E-state index in [9.17, 15) is 4.79 Å². The number of carbonyl (C=O) groups excluding carboxylic acids is 1. The van der Waals surface area contributed by atoms with Gasteiger partial charge in [-0.1, -0.05) is 0 Å². The van der Waals surface area contributed by atoms with Gasteiger partial charge in [0.1, 0.15) is 13.2 Å². The summed E-state index contributed by atoms with van der Waals surface area (Å²) in [4.78, 5) is 12.2. The van der Waals surface area contributed by atoms with Gasteiger partial charge in [-0.2, -0.15) is 5.10 Å². The van der Waals surface area contributed by atoms with Gasteiger partial charge in [-0.3, -0.25) is 9.48 Å². The van der Waals surface area contributed by atoms with Crippen LogP contribution >= 0.6 is 0 Å². The van der Waals surface area contributed by atoms with Gasteiger partial charge < -0.3 is 14.8 Å². The quantitative estimate of drug-likeness (QED) is 0.925. The summed E-state index contributed by atoms with van der Waals surface area (Å²) in [7, 11) is 0. The molecule has 0 bridgehead atoms. The highest BCUT2D eigenvalue weighted by Crippen LogP contribution is 2.30. The monoisotopic (exact) mass is 287 g/mol. The molecular formula is C15H17N3O3. The Bertz CT molecular complexity index is 625. The number of carbonyl (C=O) groups is 1. The summed E-state index contributed by atoms with van der Waals surface area (Å²) in [5.74, 6) is 1.17. The molecule has 6 heteroatoms. The molecule has 1 N–H and O–H groups in total. The number of nitrogens with one attached hydrogen (secondary N) is 1. The lowest BCUT2D eigenvalue weighted by atomic mass is 10.1. The summed E-state index contributed by atoms with van der Waals surface area (Å²) in [6.45, 7) is 3.62. The van der Waals surface area contributed by atoms with E-state index in [-0.39, 0.29) is 11.9 Å². The highest BCUT2D eigenvalue weighted by Gasteiger charge is 2.16. The first-order chi connectivity index (χ1) is 10.2. The fourth-order valence-electron chi connectivity index (χ4n) is 2.23. The van der Waals surface area contributed by atoms with Crippen LogP contribution in [0, 0.1) is 0 Å². The van der Waals surface area contributed by atoms with Gasteiger partial charge in [0.2, 0.25) is 0 Å². The molecule has 0 unspecified atom stereocenters. The number of hydrogen-bond acceptors (Lipinski definition) is 4. The molecule has 3 rings (SSSR count). The van der Waals surface area contributed by atoms with Gasteiger partial charge in [0, 0.05) is 24.0 Å². The zero-order valence-corrected chi connectivity index (χ0v) is 11.8. The van der Waals surface area contributed by atoms with E-state index < -0.39 is 0 Å². The van der Waals surface area contributed by atoms with Crippen molar-refractivity contribution < 1.29 is 14.3 Å². The van der Waals surface area contributed by atoms with Crippen LogP contribution in [0.3, 0.4) is 0 Å². The average molecular weight is 287 g/mol. The van der Waals surface area contributed by atoms with Gasteiger partial charge in [-0.25, -0.2) is 0 Å². The molecule has 21 heavy (non-hydrogen) atoms. The van der Waals surface area contributed by atoms with Crippen molar-refractivity contribution in [3.8, 4) is 11.5 Å². The molecule has 0 radical (unpaired) electrons. The zero-order valence-electron chi connectivity index (χ0n) is 11.8. The Morgan fingerprint density at radius 1 is 1.38 bits per heavy atom. The summed E-state index contributed by atoms with van der Waals surface area (Å²) in [5.41, 5.74) is 0.562. The molecule has 0 aliphatic carbocycles. The van der Waals surface area contributed by atoms with Crippen LogP contribution in [-0.2, 0) is 6.54 Å². The number of hydrogen-bond donors (Lipinski definition) is 1. The van der Waals surface area contributed by atoms with Crippen LogP contribution in [0.5, 0.6) is 11.5 Å². The first-order valence-electron chi connectivity index (χ1n) is 6.90. The Kier molecular flexibility index (Phi) is 3.77. The SMILES string of the molecule is C[C@@H](Cn1cccn1)NC(=O)c1ccc2c(c1)OCCO2. The number of amides is 1. The van der Waals surface area contributed by atoms with E-state index in [1.54, 1.807) is 29.1 Å². The van der Waals surface area contributed by atoms with Crippen LogP contribution in [-0.4, -0.2) is 34.9 Å². The van der Waals surface area contributed by atoms with Gasteiger partial charge in [0.15, 0.2) is 11.5 Å². The summed E-state index contributed by atoms with van der Waals surface area (Å²) in [6, 6.07) is 7.05. The molecule has 2 heterocycles. The van der Waals surface area contributed by atoms with Gasteiger partial charge in [0.25, 0.3) is 5.91 Å². The van der Waals surface area contributed by atoms with Gasteiger partial charge in [-0.05, 0) is 31.2 Å². The molecule has 0 saturated carbocycles. The van der Waals surface area contributed by atoms with Crippen molar-refractivity contribution in [1.29, 1.82) is 0 Å². The molecule has 1 aliphatic heterocycles. The molecule has 1 aromatic carbocycles. The molecule has 110 valence electrons. The predicted molar refractivity (Wildman–Crippen MR) is 76.6 cm³/mol. The third kappa shape index (κ3) is 3.16. The van der Waals surface area contributed by atoms with Crippen LogP contribution in [0.2, 0.25) is 0 Å². The van der Waals surface area contributed by atoms with E-state index in [1.807, 2.05) is 19.2 Å². The maximum Gasteiger partial charge on any atom is 0.251 e. The number of aromatic nitrogens is 2. The fourth-order valence-corrected chi connectivity index (χ4v) is 2.23. The largest absolute Gasteiger partial charge is 0.486 e. The highest BCUT2D eigenvalue weighted by molar-refractivity contribution is 5.95. The first kappa shape index (κ1) is 13.5.